The van der Waals surface area contributed by atoms with Gasteiger partial charge in [0.25, 0.3) is 0 Å². The van der Waals surface area contributed by atoms with E-state index < -0.39 is 5.97 Å². The van der Waals surface area contributed by atoms with Crippen molar-refractivity contribution < 1.29 is 19.1 Å². The lowest BCUT2D eigenvalue weighted by molar-refractivity contribution is -0.113. The zero-order chi connectivity index (χ0) is 21.5. The molecule has 0 radical (unpaired) electrons. The first kappa shape index (κ1) is 21.6. The molecule has 0 aliphatic heterocycles. The van der Waals surface area contributed by atoms with E-state index in [4.69, 9.17) is 9.47 Å². The van der Waals surface area contributed by atoms with Crippen LogP contribution in [0.4, 0.5) is 5.00 Å². The Hall–Kier alpha value is -3.11. The van der Waals surface area contributed by atoms with E-state index in [0.29, 0.717) is 28.1 Å². The van der Waals surface area contributed by atoms with Crippen molar-refractivity contribution >= 4 is 40.0 Å². The normalized spacial score (nSPS) is 10.5. The van der Waals surface area contributed by atoms with Crippen LogP contribution in [0.3, 0.4) is 0 Å². The molecule has 0 unspecified atom stereocenters. The lowest BCUT2D eigenvalue weighted by atomic mass is 10.2. The van der Waals surface area contributed by atoms with Crippen molar-refractivity contribution in [3.63, 3.8) is 0 Å². The molecule has 2 aromatic heterocycles. The van der Waals surface area contributed by atoms with E-state index in [2.05, 4.69) is 22.1 Å². The van der Waals surface area contributed by atoms with Gasteiger partial charge in [0.1, 0.15) is 10.8 Å². The molecule has 2 heterocycles. The Kier molecular flexibility index (Phi) is 7.26. The van der Waals surface area contributed by atoms with Crippen molar-refractivity contribution in [2.24, 2.45) is 0 Å². The topological polar surface area (TPSA) is 95.3 Å². The molecule has 0 bridgehead atoms. The number of thiophene rings is 1. The van der Waals surface area contributed by atoms with Gasteiger partial charge in [-0.2, -0.15) is 0 Å². The van der Waals surface area contributed by atoms with Crippen molar-refractivity contribution in [1.82, 2.24) is 14.8 Å². The largest absolute Gasteiger partial charge is 0.497 e. The average molecular weight is 445 g/mol. The number of esters is 1. The molecular weight excluding hydrogens is 424 g/mol. The van der Waals surface area contributed by atoms with Crippen LogP contribution in [0.1, 0.15) is 10.4 Å². The molecule has 0 saturated carbocycles. The summed E-state index contributed by atoms with van der Waals surface area (Å²) in [6, 6.07) is 9.11. The highest BCUT2D eigenvalue weighted by molar-refractivity contribution is 7.99. The molecule has 0 atom stereocenters. The summed E-state index contributed by atoms with van der Waals surface area (Å²) in [6.45, 7) is 4.29. The highest BCUT2D eigenvalue weighted by Crippen LogP contribution is 2.27. The van der Waals surface area contributed by atoms with Gasteiger partial charge >= 0.3 is 5.97 Å². The maximum absolute atomic E-state index is 12.4. The number of aromatic nitrogens is 3. The van der Waals surface area contributed by atoms with E-state index in [1.807, 2.05) is 28.8 Å². The van der Waals surface area contributed by atoms with Crippen LogP contribution >= 0.6 is 23.1 Å². The van der Waals surface area contributed by atoms with Gasteiger partial charge in [0.2, 0.25) is 5.91 Å². The molecule has 3 aromatic rings. The zero-order valence-electron chi connectivity index (χ0n) is 16.5. The second-order valence-corrected chi connectivity index (χ2v) is 7.78. The number of methoxy groups -OCH3 is 2. The molecular formula is C20H20N4O4S2. The highest BCUT2D eigenvalue weighted by Gasteiger charge is 2.18. The molecule has 0 aliphatic rings. The molecule has 0 fully saturated rings. The Morgan fingerprint density at radius 2 is 2.00 bits per heavy atom. The number of thioether (sulfide) groups is 1. The number of hydrogen-bond donors (Lipinski definition) is 1. The van der Waals surface area contributed by atoms with E-state index in [0.717, 1.165) is 11.3 Å². The van der Waals surface area contributed by atoms with E-state index in [9.17, 15) is 9.59 Å². The third-order valence-electron chi connectivity index (χ3n) is 4.03. The van der Waals surface area contributed by atoms with Crippen LogP contribution in [0, 0.1) is 0 Å². The number of carbonyl (C=O) groups is 2. The van der Waals surface area contributed by atoms with Crippen molar-refractivity contribution in [2.75, 3.05) is 25.3 Å². The predicted molar refractivity (Wildman–Crippen MR) is 117 cm³/mol. The van der Waals surface area contributed by atoms with Gasteiger partial charge < -0.3 is 14.8 Å². The first-order chi connectivity index (χ1) is 14.6. The summed E-state index contributed by atoms with van der Waals surface area (Å²) in [5, 5.41) is 14.0. The standard InChI is InChI=1S/C20H20N4O4S2/c1-4-10-24-17(13-5-7-14(27-2)8-6-13)22-23-20(24)30-12-16(25)21-18-15(9-11-29-18)19(26)28-3/h4-9,11H,1,10,12H2,2-3H3,(H,21,25). The first-order valence-electron chi connectivity index (χ1n) is 8.84. The van der Waals surface area contributed by atoms with Gasteiger partial charge in [-0.1, -0.05) is 17.8 Å². The number of ether oxygens (including phenoxy) is 2. The van der Waals surface area contributed by atoms with E-state index in [-0.39, 0.29) is 11.7 Å². The highest BCUT2D eigenvalue weighted by atomic mass is 32.2. The molecule has 1 N–H and O–H groups in total. The summed E-state index contributed by atoms with van der Waals surface area (Å²) in [5.41, 5.74) is 1.21. The number of amides is 1. The molecule has 10 heteroatoms. The Morgan fingerprint density at radius 1 is 1.23 bits per heavy atom. The Bertz CT molecular complexity index is 1040. The molecule has 1 amide bonds. The maximum Gasteiger partial charge on any atom is 0.340 e. The SMILES string of the molecule is C=CCn1c(SCC(=O)Nc2sccc2C(=O)OC)nnc1-c1ccc(OC)cc1. The second kappa shape index (κ2) is 10.1. The third kappa shape index (κ3) is 4.89. The number of nitrogens with one attached hydrogen (secondary N) is 1. The number of anilines is 1. The summed E-state index contributed by atoms with van der Waals surface area (Å²) in [7, 11) is 2.91. The molecule has 1 aromatic carbocycles. The zero-order valence-corrected chi connectivity index (χ0v) is 18.1. The summed E-state index contributed by atoms with van der Waals surface area (Å²) in [6.07, 6.45) is 1.74. The number of hydrogen-bond acceptors (Lipinski definition) is 8. The second-order valence-electron chi connectivity index (χ2n) is 5.93. The van der Waals surface area contributed by atoms with E-state index in [1.165, 1.54) is 30.2 Å². The fourth-order valence-electron chi connectivity index (χ4n) is 2.61. The minimum absolute atomic E-state index is 0.108. The number of allylic oxidation sites excluding steroid dienone is 1. The van der Waals surface area contributed by atoms with Gasteiger partial charge in [0.15, 0.2) is 11.0 Å². The minimum atomic E-state index is -0.492. The molecule has 30 heavy (non-hydrogen) atoms. The summed E-state index contributed by atoms with van der Waals surface area (Å²) < 4.78 is 11.8. The number of carbonyl (C=O) groups excluding carboxylic acids is 2. The fraction of sp³-hybridized carbons (Fsp3) is 0.200. The van der Waals surface area contributed by atoms with Crippen LogP contribution in [-0.4, -0.2) is 46.6 Å². The third-order valence-corrected chi connectivity index (χ3v) is 5.83. The number of nitrogens with zero attached hydrogens (tertiary/aromatic N) is 3. The van der Waals surface area contributed by atoms with Gasteiger partial charge in [-0.05, 0) is 35.7 Å². The Balaban J connectivity index is 1.71. The Morgan fingerprint density at radius 3 is 2.67 bits per heavy atom. The van der Waals surface area contributed by atoms with Crippen LogP contribution in [-0.2, 0) is 16.1 Å². The number of rotatable bonds is 9. The van der Waals surface area contributed by atoms with Gasteiger partial charge in [-0.15, -0.1) is 28.1 Å². The Labute approximate surface area is 181 Å². The first-order valence-corrected chi connectivity index (χ1v) is 10.7. The quantitative estimate of drug-likeness (QED) is 0.305. The molecule has 0 aliphatic carbocycles. The molecule has 8 nitrogen and oxygen atoms in total. The van der Waals surface area contributed by atoms with Crippen LogP contribution in [0.5, 0.6) is 5.75 Å². The monoisotopic (exact) mass is 444 g/mol. The van der Waals surface area contributed by atoms with E-state index in [1.54, 1.807) is 24.6 Å². The van der Waals surface area contributed by atoms with Crippen LogP contribution in [0.25, 0.3) is 11.4 Å². The predicted octanol–water partition coefficient (Wildman–Crippen LogP) is 3.72. The smallest absolute Gasteiger partial charge is 0.340 e. The summed E-state index contributed by atoms with van der Waals surface area (Å²) in [4.78, 5) is 24.1. The van der Waals surface area contributed by atoms with Gasteiger partial charge in [-0.3, -0.25) is 9.36 Å². The van der Waals surface area contributed by atoms with Gasteiger partial charge in [0.05, 0.1) is 25.5 Å². The van der Waals surface area contributed by atoms with Crippen LogP contribution in [0.2, 0.25) is 0 Å². The van der Waals surface area contributed by atoms with Crippen molar-refractivity contribution in [3.05, 3.63) is 53.9 Å². The van der Waals surface area contributed by atoms with Gasteiger partial charge in [-0.25, -0.2) is 4.79 Å². The van der Waals surface area contributed by atoms with Crippen molar-refractivity contribution in [3.8, 4) is 17.1 Å². The van der Waals surface area contributed by atoms with Crippen LogP contribution < -0.4 is 10.1 Å². The van der Waals surface area contributed by atoms with E-state index >= 15 is 0 Å². The summed E-state index contributed by atoms with van der Waals surface area (Å²) >= 11 is 2.51. The minimum Gasteiger partial charge on any atom is -0.497 e. The number of benzene rings is 1. The summed E-state index contributed by atoms with van der Waals surface area (Å²) in [5.74, 6) is 0.781. The van der Waals surface area contributed by atoms with Crippen molar-refractivity contribution in [2.45, 2.75) is 11.7 Å². The van der Waals surface area contributed by atoms with Crippen LogP contribution in [0.15, 0.2) is 53.5 Å². The maximum atomic E-state index is 12.4. The molecule has 3 rings (SSSR count). The lowest BCUT2D eigenvalue weighted by Crippen LogP contribution is -2.16. The van der Waals surface area contributed by atoms with Gasteiger partial charge in [0, 0.05) is 12.1 Å². The molecule has 0 spiro atoms. The average Bonchev–Trinajstić information content (AvgIpc) is 3.39. The molecule has 0 saturated heterocycles. The van der Waals surface area contributed by atoms with Crippen molar-refractivity contribution in [1.29, 1.82) is 0 Å². The molecule has 156 valence electrons. The lowest BCUT2D eigenvalue weighted by Gasteiger charge is -2.09. The fourth-order valence-corrected chi connectivity index (χ4v) is 4.15.